The molecule has 0 aliphatic carbocycles. The monoisotopic (exact) mass is 317 g/mol. The molecule has 4 N–H and O–H groups in total. The smallest absolute Gasteiger partial charge is 0.240 e. The molecule has 0 bridgehead atoms. The molecule has 1 rings (SSSR count). The van der Waals surface area contributed by atoms with Gasteiger partial charge in [-0.15, -0.1) is 0 Å². The highest BCUT2D eigenvalue weighted by Crippen LogP contribution is 2.18. The lowest BCUT2D eigenvalue weighted by Crippen LogP contribution is -2.43. The number of sulfonamides is 1. The van der Waals surface area contributed by atoms with Crippen LogP contribution in [0.1, 0.15) is 19.4 Å². The van der Waals surface area contributed by atoms with E-state index in [2.05, 4.69) is 10.0 Å². The Morgan fingerprint density at radius 3 is 2.52 bits per heavy atom. The lowest BCUT2D eigenvalue weighted by atomic mass is 9.93. The van der Waals surface area contributed by atoms with Crippen molar-refractivity contribution in [3.05, 3.63) is 29.6 Å². The first-order valence-electron chi connectivity index (χ1n) is 6.34. The average Bonchev–Trinajstić information content (AvgIpc) is 2.44. The first-order valence-corrected chi connectivity index (χ1v) is 7.82. The van der Waals surface area contributed by atoms with E-state index in [1.807, 2.05) is 0 Å². The van der Waals surface area contributed by atoms with Gasteiger partial charge in [-0.2, -0.15) is 0 Å². The molecule has 8 heteroatoms. The normalized spacial score (nSPS) is 12.2. The molecule has 0 radical (unpaired) electrons. The van der Waals surface area contributed by atoms with Gasteiger partial charge in [0.25, 0.3) is 0 Å². The van der Waals surface area contributed by atoms with Crippen molar-refractivity contribution in [1.29, 1.82) is 0 Å². The SMILES string of the molecule is CNC(=O)C(C)(C)CNS(=O)(=O)c1ccc(F)c(CN)c1. The molecule has 0 saturated heterocycles. The molecule has 6 nitrogen and oxygen atoms in total. The van der Waals surface area contributed by atoms with E-state index in [0.717, 1.165) is 12.1 Å². The van der Waals surface area contributed by atoms with Gasteiger partial charge in [0.05, 0.1) is 10.3 Å². The van der Waals surface area contributed by atoms with E-state index < -0.39 is 21.3 Å². The fraction of sp³-hybridized carbons (Fsp3) is 0.462. The van der Waals surface area contributed by atoms with Crippen LogP contribution in [0.5, 0.6) is 0 Å². The minimum atomic E-state index is -3.84. The molecule has 21 heavy (non-hydrogen) atoms. The zero-order valence-corrected chi connectivity index (χ0v) is 13.1. The van der Waals surface area contributed by atoms with Crippen molar-refractivity contribution in [3.63, 3.8) is 0 Å². The second-order valence-electron chi connectivity index (χ2n) is 5.24. The molecule has 118 valence electrons. The first-order chi connectivity index (χ1) is 9.64. The summed E-state index contributed by atoms with van der Waals surface area (Å²) >= 11 is 0. The summed E-state index contributed by atoms with van der Waals surface area (Å²) in [5, 5.41) is 2.47. The van der Waals surface area contributed by atoms with Gasteiger partial charge in [0.15, 0.2) is 0 Å². The van der Waals surface area contributed by atoms with Crippen molar-refractivity contribution in [2.75, 3.05) is 13.6 Å². The van der Waals surface area contributed by atoms with Crippen LogP contribution in [0.3, 0.4) is 0 Å². The Hall–Kier alpha value is -1.51. The Morgan fingerprint density at radius 1 is 1.38 bits per heavy atom. The third kappa shape index (κ3) is 4.23. The standard InChI is InChI=1S/C13H20FN3O3S/c1-13(2,12(18)16-3)8-17-21(19,20)10-4-5-11(14)9(6-10)7-15/h4-6,17H,7-8,15H2,1-3H3,(H,16,18). The van der Waals surface area contributed by atoms with Crippen LogP contribution in [0.15, 0.2) is 23.1 Å². The number of carbonyl (C=O) groups is 1. The molecule has 0 aliphatic heterocycles. The second kappa shape index (κ2) is 6.50. The minimum Gasteiger partial charge on any atom is -0.359 e. The van der Waals surface area contributed by atoms with Crippen LogP contribution < -0.4 is 15.8 Å². The summed E-state index contributed by atoms with van der Waals surface area (Å²) in [5.74, 6) is -0.839. The van der Waals surface area contributed by atoms with Crippen LogP contribution >= 0.6 is 0 Å². The average molecular weight is 317 g/mol. The van der Waals surface area contributed by atoms with Crippen molar-refractivity contribution in [1.82, 2.24) is 10.0 Å². The summed E-state index contributed by atoms with van der Waals surface area (Å²) in [4.78, 5) is 11.5. The maximum Gasteiger partial charge on any atom is 0.240 e. The highest BCUT2D eigenvalue weighted by Gasteiger charge is 2.29. The van der Waals surface area contributed by atoms with Gasteiger partial charge in [0.2, 0.25) is 15.9 Å². The number of hydrogen-bond donors (Lipinski definition) is 3. The lowest BCUT2D eigenvalue weighted by molar-refractivity contribution is -0.128. The molecular formula is C13H20FN3O3S. The molecule has 0 unspecified atom stereocenters. The lowest BCUT2D eigenvalue weighted by Gasteiger charge is -2.22. The zero-order valence-electron chi connectivity index (χ0n) is 12.2. The molecule has 1 aromatic carbocycles. The number of carbonyl (C=O) groups excluding carboxylic acids is 1. The van der Waals surface area contributed by atoms with E-state index in [1.54, 1.807) is 13.8 Å². The van der Waals surface area contributed by atoms with Gasteiger partial charge < -0.3 is 11.1 Å². The Morgan fingerprint density at radius 2 is 2.00 bits per heavy atom. The zero-order chi connectivity index (χ0) is 16.3. The van der Waals surface area contributed by atoms with E-state index in [1.165, 1.54) is 13.1 Å². The Kier molecular flexibility index (Phi) is 5.43. The van der Waals surface area contributed by atoms with E-state index in [0.29, 0.717) is 0 Å². The number of benzene rings is 1. The minimum absolute atomic E-state index is 0.0790. The van der Waals surface area contributed by atoms with E-state index in [4.69, 9.17) is 5.73 Å². The summed E-state index contributed by atoms with van der Waals surface area (Å²) < 4.78 is 40.0. The first kappa shape index (κ1) is 17.5. The van der Waals surface area contributed by atoms with Gasteiger partial charge >= 0.3 is 0 Å². The molecule has 1 amide bonds. The fourth-order valence-corrected chi connectivity index (χ4v) is 2.91. The topological polar surface area (TPSA) is 101 Å². The van der Waals surface area contributed by atoms with Crippen molar-refractivity contribution in [2.45, 2.75) is 25.3 Å². The summed E-state index contributed by atoms with van der Waals surface area (Å²) in [6, 6.07) is 3.40. The second-order valence-corrected chi connectivity index (χ2v) is 7.01. The van der Waals surface area contributed by atoms with Crippen molar-refractivity contribution in [3.8, 4) is 0 Å². The van der Waals surface area contributed by atoms with Crippen molar-refractivity contribution in [2.24, 2.45) is 11.1 Å². The number of nitrogens with one attached hydrogen (secondary N) is 2. The highest BCUT2D eigenvalue weighted by atomic mass is 32.2. The largest absolute Gasteiger partial charge is 0.359 e. The summed E-state index contributed by atoms with van der Waals surface area (Å²) in [7, 11) is -2.36. The van der Waals surface area contributed by atoms with E-state index >= 15 is 0 Å². The van der Waals surface area contributed by atoms with Crippen LogP contribution in [0.2, 0.25) is 0 Å². The molecule has 0 fully saturated rings. The molecule has 0 saturated carbocycles. The van der Waals surface area contributed by atoms with Crippen LogP contribution in [0, 0.1) is 11.2 Å². The summed E-state index contributed by atoms with van der Waals surface area (Å²) in [6.07, 6.45) is 0. The Bertz CT molecular complexity index is 630. The number of nitrogens with two attached hydrogens (primary N) is 1. The summed E-state index contributed by atoms with van der Waals surface area (Å²) in [5.41, 5.74) is 4.57. The van der Waals surface area contributed by atoms with Gasteiger partial charge in [-0.25, -0.2) is 17.5 Å². The summed E-state index contributed by atoms with van der Waals surface area (Å²) in [6.45, 7) is 3.05. The molecule has 0 heterocycles. The van der Waals surface area contributed by atoms with Gasteiger partial charge in [0, 0.05) is 25.7 Å². The third-order valence-corrected chi connectivity index (χ3v) is 4.49. The maximum absolute atomic E-state index is 13.3. The highest BCUT2D eigenvalue weighted by molar-refractivity contribution is 7.89. The Balaban J connectivity index is 2.95. The number of hydrogen-bond acceptors (Lipinski definition) is 4. The van der Waals surface area contributed by atoms with Crippen molar-refractivity contribution >= 4 is 15.9 Å². The number of rotatable bonds is 6. The van der Waals surface area contributed by atoms with Gasteiger partial charge in [-0.3, -0.25) is 4.79 Å². The van der Waals surface area contributed by atoms with Crippen LogP contribution in [0.25, 0.3) is 0 Å². The van der Waals surface area contributed by atoms with Crippen LogP contribution in [-0.4, -0.2) is 27.9 Å². The van der Waals surface area contributed by atoms with Gasteiger partial charge in [0.1, 0.15) is 5.82 Å². The molecule has 0 atom stereocenters. The van der Waals surface area contributed by atoms with Crippen LogP contribution in [-0.2, 0) is 21.4 Å². The number of amides is 1. The van der Waals surface area contributed by atoms with E-state index in [-0.39, 0.29) is 29.5 Å². The van der Waals surface area contributed by atoms with Gasteiger partial charge in [-0.1, -0.05) is 0 Å². The predicted molar refractivity (Wildman–Crippen MR) is 77.3 cm³/mol. The van der Waals surface area contributed by atoms with Crippen LogP contribution in [0.4, 0.5) is 4.39 Å². The molecule has 0 aliphatic rings. The third-order valence-electron chi connectivity index (χ3n) is 3.09. The predicted octanol–water partition coefficient (Wildman–Crippen LogP) is 0.335. The molecular weight excluding hydrogens is 297 g/mol. The fourth-order valence-electron chi connectivity index (χ4n) is 1.65. The number of halogens is 1. The quantitative estimate of drug-likeness (QED) is 0.704. The molecule has 1 aromatic rings. The van der Waals surface area contributed by atoms with E-state index in [9.17, 15) is 17.6 Å². The van der Waals surface area contributed by atoms with Gasteiger partial charge in [-0.05, 0) is 32.0 Å². The molecule has 0 spiro atoms. The molecule has 0 aromatic heterocycles. The maximum atomic E-state index is 13.3. The van der Waals surface area contributed by atoms with Crippen molar-refractivity contribution < 1.29 is 17.6 Å². The Labute approximate surface area is 124 Å².